The van der Waals surface area contributed by atoms with Crippen molar-refractivity contribution < 1.29 is 0 Å². The highest BCUT2D eigenvalue weighted by atomic mass is 32.2. The Morgan fingerprint density at radius 3 is 2.88 bits per heavy atom. The molecule has 0 fully saturated rings. The van der Waals surface area contributed by atoms with Crippen LogP contribution in [0.1, 0.15) is 17.7 Å². The van der Waals surface area contributed by atoms with E-state index in [-0.39, 0.29) is 0 Å². The van der Waals surface area contributed by atoms with Gasteiger partial charge in [-0.15, -0.1) is 0 Å². The number of aromatic nitrogens is 2. The monoisotopic (exact) mass is 258 g/mol. The van der Waals surface area contributed by atoms with Crippen molar-refractivity contribution in [3.05, 3.63) is 11.3 Å². The molecule has 0 spiro atoms. The summed E-state index contributed by atoms with van der Waals surface area (Å²) in [6.45, 7) is 2.83. The number of thiocarbonyl (C=S) groups is 1. The molecule has 1 aromatic rings. The van der Waals surface area contributed by atoms with E-state index in [1.807, 2.05) is 25.7 Å². The van der Waals surface area contributed by atoms with Gasteiger partial charge >= 0.3 is 0 Å². The molecule has 90 valence electrons. The molecule has 0 aliphatic heterocycles. The van der Waals surface area contributed by atoms with Crippen molar-refractivity contribution in [2.45, 2.75) is 13.3 Å². The van der Waals surface area contributed by atoms with Crippen molar-refractivity contribution in [3.8, 4) is 0 Å². The summed E-state index contributed by atoms with van der Waals surface area (Å²) in [4.78, 5) is 0.401. The second kappa shape index (κ2) is 6.10. The topological polar surface area (TPSA) is 55.9 Å². The maximum Gasteiger partial charge on any atom is 0.134 e. The molecule has 0 saturated carbocycles. The molecule has 16 heavy (non-hydrogen) atoms. The molecule has 0 atom stereocenters. The van der Waals surface area contributed by atoms with Crippen LogP contribution in [0.25, 0.3) is 0 Å². The lowest BCUT2D eigenvalue weighted by Crippen LogP contribution is -2.15. The Labute approximate surface area is 106 Å². The fraction of sp³-hybridized carbons (Fsp3) is 0.600. The molecule has 4 nitrogen and oxygen atoms in total. The standard InChI is InChI=1S/C10H18N4S2/c1-7-8(9(11)15)10(14(2)13-7)12-5-4-6-16-3/h12H,4-6H2,1-3H3,(H2,11,15). The Morgan fingerprint density at radius 1 is 1.62 bits per heavy atom. The van der Waals surface area contributed by atoms with E-state index < -0.39 is 0 Å². The van der Waals surface area contributed by atoms with E-state index in [1.54, 1.807) is 4.68 Å². The normalized spacial score (nSPS) is 10.4. The molecular formula is C10H18N4S2. The van der Waals surface area contributed by atoms with E-state index in [0.717, 1.165) is 35.8 Å². The molecule has 1 aromatic heterocycles. The number of nitrogens with two attached hydrogens (primary N) is 1. The first-order valence-corrected chi connectivity index (χ1v) is 6.94. The fourth-order valence-corrected chi connectivity index (χ4v) is 2.26. The third-order valence-corrected chi connectivity index (χ3v) is 3.19. The van der Waals surface area contributed by atoms with Gasteiger partial charge < -0.3 is 11.1 Å². The molecule has 3 N–H and O–H groups in total. The van der Waals surface area contributed by atoms with E-state index in [9.17, 15) is 0 Å². The van der Waals surface area contributed by atoms with Crippen LogP contribution in [0.3, 0.4) is 0 Å². The predicted octanol–water partition coefficient (Wildman–Crippen LogP) is 1.53. The molecule has 6 heteroatoms. The van der Waals surface area contributed by atoms with Gasteiger partial charge in [-0.1, -0.05) is 12.2 Å². The van der Waals surface area contributed by atoms with E-state index in [4.69, 9.17) is 18.0 Å². The summed E-state index contributed by atoms with van der Waals surface area (Å²) in [6, 6.07) is 0. The zero-order valence-electron chi connectivity index (χ0n) is 9.91. The zero-order valence-corrected chi connectivity index (χ0v) is 11.5. The van der Waals surface area contributed by atoms with E-state index >= 15 is 0 Å². The van der Waals surface area contributed by atoms with Crippen LogP contribution in [-0.2, 0) is 7.05 Å². The van der Waals surface area contributed by atoms with E-state index in [1.165, 1.54) is 0 Å². The first-order valence-electron chi connectivity index (χ1n) is 5.14. The molecule has 0 saturated heterocycles. The number of nitrogens with one attached hydrogen (secondary N) is 1. The fourth-order valence-electron chi connectivity index (χ4n) is 1.58. The first-order chi connectivity index (χ1) is 7.57. The van der Waals surface area contributed by atoms with Gasteiger partial charge in [-0.2, -0.15) is 16.9 Å². The lowest BCUT2D eigenvalue weighted by Gasteiger charge is -2.08. The summed E-state index contributed by atoms with van der Waals surface area (Å²) >= 11 is 6.88. The first kappa shape index (κ1) is 13.3. The Hall–Kier alpha value is -0.750. The molecule has 0 aromatic carbocycles. The smallest absolute Gasteiger partial charge is 0.134 e. The highest BCUT2D eigenvalue weighted by Gasteiger charge is 2.14. The molecule has 0 aliphatic rings. The predicted molar refractivity (Wildman–Crippen MR) is 75.3 cm³/mol. The average molecular weight is 258 g/mol. The van der Waals surface area contributed by atoms with Crippen molar-refractivity contribution in [2.75, 3.05) is 23.9 Å². The maximum atomic E-state index is 5.69. The summed E-state index contributed by atoms with van der Waals surface area (Å²) in [5, 5.41) is 7.65. The van der Waals surface area contributed by atoms with Gasteiger partial charge in [0.15, 0.2) is 0 Å². The van der Waals surface area contributed by atoms with Gasteiger partial charge in [-0.25, -0.2) is 0 Å². The lowest BCUT2D eigenvalue weighted by molar-refractivity contribution is 0.756. The minimum Gasteiger partial charge on any atom is -0.389 e. The number of anilines is 1. The van der Waals surface area contributed by atoms with Gasteiger partial charge in [0.05, 0.1) is 11.3 Å². The van der Waals surface area contributed by atoms with Crippen LogP contribution in [0.15, 0.2) is 0 Å². The van der Waals surface area contributed by atoms with Gasteiger partial charge in [0, 0.05) is 13.6 Å². The molecular weight excluding hydrogens is 240 g/mol. The van der Waals surface area contributed by atoms with Crippen molar-refractivity contribution in [3.63, 3.8) is 0 Å². The summed E-state index contributed by atoms with van der Waals surface area (Å²) in [6.07, 6.45) is 3.22. The second-order valence-corrected chi connectivity index (χ2v) is 5.00. The van der Waals surface area contributed by atoms with E-state index in [0.29, 0.717) is 4.99 Å². The molecule has 0 aliphatic carbocycles. The van der Waals surface area contributed by atoms with Crippen LogP contribution in [0.4, 0.5) is 5.82 Å². The van der Waals surface area contributed by atoms with Gasteiger partial charge in [-0.05, 0) is 25.4 Å². The minimum atomic E-state index is 0.401. The quantitative estimate of drug-likeness (QED) is 0.598. The second-order valence-electron chi connectivity index (χ2n) is 3.57. The molecule has 0 radical (unpaired) electrons. The molecule has 0 bridgehead atoms. The van der Waals surface area contributed by atoms with Crippen LogP contribution >= 0.6 is 24.0 Å². The van der Waals surface area contributed by atoms with Crippen LogP contribution < -0.4 is 11.1 Å². The van der Waals surface area contributed by atoms with E-state index in [2.05, 4.69) is 16.7 Å². The van der Waals surface area contributed by atoms with Crippen LogP contribution in [0.2, 0.25) is 0 Å². The molecule has 0 amide bonds. The van der Waals surface area contributed by atoms with Crippen molar-refractivity contribution >= 4 is 34.8 Å². The Balaban J connectivity index is 2.74. The number of hydrogen-bond acceptors (Lipinski definition) is 4. The summed E-state index contributed by atoms with van der Waals surface area (Å²) < 4.78 is 1.79. The lowest BCUT2D eigenvalue weighted by atomic mass is 10.2. The highest BCUT2D eigenvalue weighted by molar-refractivity contribution is 7.98. The largest absolute Gasteiger partial charge is 0.389 e. The van der Waals surface area contributed by atoms with Gasteiger partial charge in [0.1, 0.15) is 10.8 Å². The summed E-state index contributed by atoms with van der Waals surface area (Å²) in [5.41, 5.74) is 7.43. The number of nitrogens with zero attached hydrogens (tertiary/aromatic N) is 2. The van der Waals surface area contributed by atoms with Crippen molar-refractivity contribution in [1.82, 2.24) is 9.78 Å². The van der Waals surface area contributed by atoms with Crippen LogP contribution in [0.5, 0.6) is 0 Å². The van der Waals surface area contributed by atoms with Crippen molar-refractivity contribution in [1.29, 1.82) is 0 Å². The molecule has 1 heterocycles. The molecule has 1 rings (SSSR count). The number of rotatable bonds is 6. The van der Waals surface area contributed by atoms with Crippen molar-refractivity contribution in [2.24, 2.45) is 12.8 Å². The minimum absolute atomic E-state index is 0.401. The Bertz CT molecular complexity index is 373. The average Bonchev–Trinajstić information content (AvgIpc) is 2.48. The van der Waals surface area contributed by atoms with Gasteiger partial charge in [0.2, 0.25) is 0 Å². The number of thioether (sulfide) groups is 1. The zero-order chi connectivity index (χ0) is 12.1. The molecule has 0 unspecified atom stereocenters. The highest BCUT2D eigenvalue weighted by Crippen LogP contribution is 2.18. The number of hydrogen-bond donors (Lipinski definition) is 2. The summed E-state index contributed by atoms with van der Waals surface area (Å²) in [7, 11) is 1.89. The third-order valence-electron chi connectivity index (χ3n) is 2.29. The van der Waals surface area contributed by atoms with Crippen LogP contribution in [0, 0.1) is 6.92 Å². The Kier molecular flexibility index (Phi) is 5.08. The SMILES string of the molecule is CSCCCNc1c(C(N)=S)c(C)nn1C. The Morgan fingerprint density at radius 2 is 2.31 bits per heavy atom. The summed E-state index contributed by atoms with van der Waals surface area (Å²) in [5.74, 6) is 2.07. The van der Waals surface area contributed by atoms with Gasteiger partial charge in [0.25, 0.3) is 0 Å². The van der Waals surface area contributed by atoms with Gasteiger partial charge in [-0.3, -0.25) is 4.68 Å². The third kappa shape index (κ3) is 3.12. The maximum absolute atomic E-state index is 5.69. The van der Waals surface area contributed by atoms with Crippen LogP contribution in [-0.4, -0.2) is 33.3 Å². The number of aryl methyl sites for hydroxylation is 2.